The van der Waals surface area contributed by atoms with Gasteiger partial charge in [0.1, 0.15) is 5.40 Å². The van der Waals surface area contributed by atoms with Gasteiger partial charge < -0.3 is 10.7 Å². The molecule has 5 heteroatoms. The van der Waals surface area contributed by atoms with Gasteiger partial charge in [0.2, 0.25) is 0 Å². The first-order valence-electron chi connectivity index (χ1n) is 3.59. The molecule has 0 saturated heterocycles. The average molecular weight is 194 g/mol. The molecule has 0 aromatic heterocycles. The van der Waals surface area contributed by atoms with E-state index in [4.69, 9.17) is 16.8 Å². The van der Waals surface area contributed by atoms with Gasteiger partial charge in [0.05, 0.1) is 11.4 Å². The van der Waals surface area contributed by atoms with Crippen LogP contribution in [0.3, 0.4) is 0 Å². The van der Waals surface area contributed by atoms with Crippen LogP contribution >= 0.6 is 11.8 Å². The van der Waals surface area contributed by atoms with Gasteiger partial charge in [-0.25, -0.2) is 5.84 Å². The second-order valence-electron chi connectivity index (χ2n) is 2.52. The first kappa shape index (κ1) is 9.71. The number of hydrogen-bond donors (Lipinski definition) is 2. The maximum atomic E-state index is 8.46. The number of anilines is 2. The van der Waals surface area contributed by atoms with Crippen LogP contribution in [0.1, 0.15) is 0 Å². The molecule has 0 aliphatic heterocycles. The van der Waals surface area contributed by atoms with Gasteiger partial charge in [-0.15, -0.1) is 0 Å². The molecule has 0 saturated carbocycles. The molecule has 1 rings (SSSR count). The minimum absolute atomic E-state index is 0.604. The number of nitrogens with two attached hydrogens (primary N) is 2. The second kappa shape index (κ2) is 4.03. The average Bonchev–Trinajstić information content (AvgIpc) is 2.08. The van der Waals surface area contributed by atoms with Gasteiger partial charge in [0, 0.05) is 11.9 Å². The third-order valence-corrected chi connectivity index (χ3v) is 2.13. The smallest absolute Gasteiger partial charge is 0.138 e. The molecule has 4 nitrogen and oxygen atoms in total. The van der Waals surface area contributed by atoms with Crippen LogP contribution < -0.4 is 16.6 Å². The summed E-state index contributed by atoms with van der Waals surface area (Å²) in [6, 6.07) is 5.30. The summed E-state index contributed by atoms with van der Waals surface area (Å²) in [4.78, 5) is 0.837. The molecule has 0 heterocycles. The van der Waals surface area contributed by atoms with Crippen molar-refractivity contribution in [2.24, 2.45) is 5.84 Å². The Balaban J connectivity index is 3.05. The van der Waals surface area contributed by atoms with Crippen LogP contribution in [-0.2, 0) is 0 Å². The van der Waals surface area contributed by atoms with E-state index in [-0.39, 0.29) is 0 Å². The number of nitrogen functional groups attached to an aromatic ring is 1. The summed E-state index contributed by atoms with van der Waals surface area (Å²) in [5.41, 5.74) is 7.00. The molecule has 0 aliphatic carbocycles. The maximum absolute atomic E-state index is 8.46. The fraction of sp³-hybridized carbons (Fsp3) is 0.125. The second-order valence-corrected chi connectivity index (χ2v) is 3.38. The van der Waals surface area contributed by atoms with E-state index >= 15 is 0 Å². The molecule has 0 fully saturated rings. The molecule has 0 aliphatic rings. The van der Waals surface area contributed by atoms with Crippen LogP contribution in [0.15, 0.2) is 23.1 Å². The predicted molar refractivity (Wildman–Crippen MR) is 54.9 cm³/mol. The van der Waals surface area contributed by atoms with Crippen LogP contribution in [0.4, 0.5) is 11.4 Å². The highest BCUT2D eigenvalue weighted by Gasteiger charge is 2.03. The number of thioether (sulfide) groups is 1. The largest absolute Gasteiger partial charge is 0.397 e. The highest BCUT2D eigenvalue weighted by Crippen LogP contribution is 2.26. The number of hydrogen-bond acceptors (Lipinski definition) is 5. The highest BCUT2D eigenvalue weighted by molar-refractivity contribution is 8.03. The molecule has 13 heavy (non-hydrogen) atoms. The number of benzene rings is 1. The van der Waals surface area contributed by atoms with Gasteiger partial charge in [-0.2, -0.15) is 5.26 Å². The molecular weight excluding hydrogens is 184 g/mol. The monoisotopic (exact) mass is 194 g/mol. The normalized spacial score (nSPS) is 9.31. The fourth-order valence-corrected chi connectivity index (χ4v) is 1.36. The Morgan fingerprint density at radius 3 is 2.77 bits per heavy atom. The Morgan fingerprint density at radius 1 is 1.54 bits per heavy atom. The van der Waals surface area contributed by atoms with Crippen LogP contribution in [0.25, 0.3) is 0 Å². The van der Waals surface area contributed by atoms with Crippen molar-refractivity contribution in [1.29, 1.82) is 5.26 Å². The van der Waals surface area contributed by atoms with Crippen molar-refractivity contribution >= 4 is 23.1 Å². The Kier molecular flexibility index (Phi) is 3.01. The zero-order valence-electron chi connectivity index (χ0n) is 7.19. The molecule has 1 aromatic carbocycles. The van der Waals surface area contributed by atoms with Gasteiger partial charge in [0.25, 0.3) is 0 Å². The summed E-state index contributed by atoms with van der Waals surface area (Å²) in [5, 5.41) is 11.9. The van der Waals surface area contributed by atoms with E-state index in [9.17, 15) is 0 Å². The SMILES string of the molecule is CN(N)c1cc(SC#N)ccc1N. The molecule has 4 N–H and O–H groups in total. The lowest BCUT2D eigenvalue weighted by molar-refractivity contribution is 1.02. The Labute approximate surface area is 81.1 Å². The van der Waals surface area contributed by atoms with Crippen LogP contribution in [0.5, 0.6) is 0 Å². The topological polar surface area (TPSA) is 79.1 Å². The van der Waals surface area contributed by atoms with Gasteiger partial charge in [-0.1, -0.05) is 0 Å². The van der Waals surface area contributed by atoms with Crippen molar-refractivity contribution in [3.8, 4) is 5.40 Å². The summed E-state index contributed by atoms with van der Waals surface area (Å²) in [6.07, 6.45) is 0. The van der Waals surface area contributed by atoms with Crippen molar-refractivity contribution in [1.82, 2.24) is 0 Å². The molecule has 0 atom stereocenters. The molecule has 0 bridgehead atoms. The Morgan fingerprint density at radius 2 is 2.23 bits per heavy atom. The van der Waals surface area contributed by atoms with E-state index in [0.717, 1.165) is 22.3 Å². The Hall–Kier alpha value is -1.38. The molecular formula is C8H10N4S. The van der Waals surface area contributed by atoms with E-state index in [1.54, 1.807) is 25.2 Å². The minimum Gasteiger partial charge on any atom is -0.397 e. The lowest BCUT2D eigenvalue weighted by Gasteiger charge is -2.14. The first-order valence-corrected chi connectivity index (χ1v) is 4.40. The zero-order chi connectivity index (χ0) is 9.84. The number of nitriles is 1. The lowest BCUT2D eigenvalue weighted by Crippen LogP contribution is -2.25. The van der Waals surface area contributed by atoms with Crippen molar-refractivity contribution < 1.29 is 0 Å². The standard InChI is InChI=1S/C8H10N4S/c1-12(11)8-4-6(13-5-9)2-3-7(8)10/h2-4H,10-11H2,1H3. The number of nitrogens with zero attached hydrogens (tertiary/aromatic N) is 2. The number of hydrazine groups is 1. The fourth-order valence-electron chi connectivity index (χ4n) is 0.945. The molecule has 0 spiro atoms. The van der Waals surface area contributed by atoms with Crippen LogP contribution in [-0.4, -0.2) is 7.05 Å². The van der Waals surface area contributed by atoms with E-state index in [1.165, 1.54) is 5.01 Å². The van der Waals surface area contributed by atoms with Crippen LogP contribution in [0, 0.1) is 10.7 Å². The summed E-state index contributed by atoms with van der Waals surface area (Å²) in [5.74, 6) is 5.54. The van der Waals surface area contributed by atoms with Crippen molar-refractivity contribution in [2.75, 3.05) is 17.8 Å². The summed E-state index contributed by atoms with van der Waals surface area (Å²) < 4.78 is 0. The maximum Gasteiger partial charge on any atom is 0.138 e. The predicted octanol–water partition coefficient (Wildman–Crippen LogP) is 1.15. The van der Waals surface area contributed by atoms with E-state index in [0.29, 0.717) is 5.69 Å². The summed E-state index contributed by atoms with van der Waals surface area (Å²) >= 11 is 1.08. The highest BCUT2D eigenvalue weighted by atomic mass is 32.2. The van der Waals surface area contributed by atoms with E-state index in [1.807, 2.05) is 5.40 Å². The van der Waals surface area contributed by atoms with E-state index < -0.39 is 0 Å². The summed E-state index contributed by atoms with van der Waals surface area (Å²) in [6.45, 7) is 0. The first-order chi connectivity index (χ1) is 6.15. The molecule has 0 amide bonds. The van der Waals surface area contributed by atoms with Gasteiger partial charge >= 0.3 is 0 Å². The molecule has 0 unspecified atom stereocenters. The zero-order valence-corrected chi connectivity index (χ0v) is 8.01. The third kappa shape index (κ3) is 2.28. The quantitative estimate of drug-likeness (QED) is 0.243. The van der Waals surface area contributed by atoms with Crippen LogP contribution in [0.2, 0.25) is 0 Å². The van der Waals surface area contributed by atoms with Gasteiger partial charge in [0.15, 0.2) is 0 Å². The van der Waals surface area contributed by atoms with Crippen molar-refractivity contribution in [3.63, 3.8) is 0 Å². The Bertz CT molecular complexity index is 342. The molecule has 68 valence electrons. The third-order valence-electron chi connectivity index (χ3n) is 1.55. The van der Waals surface area contributed by atoms with Gasteiger partial charge in [-0.05, 0) is 30.0 Å². The number of thiocyanates is 1. The molecule has 0 radical (unpaired) electrons. The van der Waals surface area contributed by atoms with Gasteiger partial charge in [-0.3, -0.25) is 0 Å². The molecule has 1 aromatic rings. The summed E-state index contributed by atoms with van der Waals surface area (Å²) in [7, 11) is 1.70. The number of rotatable bonds is 2. The van der Waals surface area contributed by atoms with Crippen molar-refractivity contribution in [3.05, 3.63) is 18.2 Å². The minimum atomic E-state index is 0.604. The van der Waals surface area contributed by atoms with Crippen molar-refractivity contribution in [2.45, 2.75) is 4.90 Å². The lowest BCUT2D eigenvalue weighted by atomic mass is 10.2. The van der Waals surface area contributed by atoms with E-state index in [2.05, 4.69) is 0 Å².